The highest BCUT2D eigenvalue weighted by Crippen LogP contribution is 2.24. The molecule has 0 atom stereocenters. The summed E-state index contributed by atoms with van der Waals surface area (Å²) in [4.78, 5) is 17.0. The van der Waals surface area contributed by atoms with E-state index in [1.54, 1.807) is 6.07 Å². The third kappa shape index (κ3) is 5.07. The minimum atomic E-state index is -0.236. The van der Waals surface area contributed by atoms with Gasteiger partial charge >= 0.3 is 0 Å². The van der Waals surface area contributed by atoms with Crippen LogP contribution in [-0.4, -0.2) is 12.6 Å². The largest absolute Gasteiger partial charge is 0.473 e. The molecule has 0 heterocycles. The van der Waals surface area contributed by atoms with Crippen LogP contribution in [-0.2, 0) is 11.3 Å². The first-order valence-electron chi connectivity index (χ1n) is 9.29. The van der Waals surface area contributed by atoms with Crippen LogP contribution in [0.3, 0.4) is 0 Å². The van der Waals surface area contributed by atoms with Crippen molar-refractivity contribution >= 4 is 12.6 Å². The van der Waals surface area contributed by atoms with Crippen molar-refractivity contribution in [3.63, 3.8) is 0 Å². The number of nitrogens with zero attached hydrogens (tertiary/aromatic N) is 1. The highest BCUT2D eigenvalue weighted by Gasteiger charge is 2.17. The Hall–Kier alpha value is -3.40. The molecule has 0 aliphatic heterocycles. The maximum atomic E-state index is 12.8. The van der Waals surface area contributed by atoms with E-state index in [1.807, 2.05) is 67.6 Å². The molecule has 4 heteroatoms. The van der Waals surface area contributed by atoms with Crippen molar-refractivity contribution < 1.29 is 9.53 Å². The van der Waals surface area contributed by atoms with Gasteiger partial charge in [-0.2, -0.15) is 0 Å². The fourth-order valence-electron chi connectivity index (χ4n) is 2.97. The van der Waals surface area contributed by atoms with Gasteiger partial charge in [0.05, 0.1) is 0 Å². The standard InChI is InChI=1S/C24H24N2O2/c1-18-10-9-15-21(16-18)23(27)26-24(28-17-19-11-5-3-6-12-19)22(25-2)20-13-7-4-8-14-20/h3-7,9-13,15-16H,2,8,14,17H2,1H3,(H,26,27)/b24-22-. The van der Waals surface area contributed by atoms with Gasteiger partial charge in [-0.25, -0.2) is 0 Å². The van der Waals surface area contributed by atoms with E-state index in [1.165, 1.54) is 0 Å². The molecule has 0 bridgehead atoms. The van der Waals surface area contributed by atoms with Crippen molar-refractivity contribution in [2.45, 2.75) is 26.4 Å². The lowest BCUT2D eigenvalue weighted by atomic mass is 10.0. The lowest BCUT2D eigenvalue weighted by Crippen LogP contribution is -2.26. The molecule has 1 aliphatic carbocycles. The number of aliphatic imine (C=N–C) groups is 1. The molecule has 3 rings (SSSR count). The van der Waals surface area contributed by atoms with Crippen LogP contribution in [0.1, 0.15) is 34.3 Å². The van der Waals surface area contributed by atoms with Crippen LogP contribution >= 0.6 is 0 Å². The van der Waals surface area contributed by atoms with Crippen molar-refractivity contribution in [1.29, 1.82) is 0 Å². The second-order valence-corrected chi connectivity index (χ2v) is 6.59. The Bertz CT molecular complexity index is 940. The Morgan fingerprint density at radius 1 is 1.18 bits per heavy atom. The minimum absolute atomic E-state index is 0.236. The van der Waals surface area contributed by atoms with E-state index in [9.17, 15) is 4.79 Å². The molecule has 0 unspecified atom stereocenters. The summed E-state index contributed by atoms with van der Waals surface area (Å²) >= 11 is 0. The third-order valence-electron chi connectivity index (χ3n) is 4.42. The number of aryl methyl sites for hydroxylation is 1. The van der Waals surface area contributed by atoms with Gasteiger partial charge in [0.1, 0.15) is 12.3 Å². The summed E-state index contributed by atoms with van der Waals surface area (Å²) in [6, 6.07) is 17.2. The van der Waals surface area contributed by atoms with E-state index in [2.05, 4.69) is 23.1 Å². The van der Waals surface area contributed by atoms with Crippen molar-refractivity contribution in [3.05, 3.63) is 107 Å². The summed E-state index contributed by atoms with van der Waals surface area (Å²) in [7, 11) is 0. The van der Waals surface area contributed by atoms with Gasteiger partial charge in [-0.05, 0) is 49.8 Å². The molecule has 0 radical (unpaired) electrons. The fourth-order valence-corrected chi connectivity index (χ4v) is 2.97. The quantitative estimate of drug-likeness (QED) is 0.544. The average molecular weight is 372 g/mol. The van der Waals surface area contributed by atoms with Crippen LogP contribution in [0.15, 0.2) is 95.0 Å². The SMILES string of the molecule is C=N/C(C1=CC=CCC1)=C(/NC(=O)c1cccc(C)c1)OCc1ccccc1. The van der Waals surface area contributed by atoms with Crippen molar-refractivity contribution in [2.75, 3.05) is 0 Å². The number of hydrogen-bond donors (Lipinski definition) is 1. The molecule has 4 nitrogen and oxygen atoms in total. The predicted molar refractivity (Wildman–Crippen MR) is 113 cm³/mol. The van der Waals surface area contributed by atoms with Gasteiger partial charge in [0.25, 0.3) is 5.91 Å². The van der Waals surface area contributed by atoms with Gasteiger partial charge in [0, 0.05) is 5.56 Å². The molecule has 1 amide bonds. The summed E-state index contributed by atoms with van der Waals surface area (Å²) in [5.74, 6) is 0.0896. The number of rotatable bonds is 7. The van der Waals surface area contributed by atoms with Gasteiger partial charge in [0.2, 0.25) is 5.88 Å². The van der Waals surface area contributed by atoms with E-state index in [0.29, 0.717) is 23.8 Å². The van der Waals surface area contributed by atoms with Gasteiger partial charge < -0.3 is 4.74 Å². The molecular formula is C24H24N2O2. The van der Waals surface area contributed by atoms with Crippen LogP contribution in [0.25, 0.3) is 0 Å². The molecule has 2 aromatic carbocycles. The Kier molecular flexibility index (Phi) is 6.58. The molecule has 1 aliphatic rings. The zero-order valence-corrected chi connectivity index (χ0v) is 16.0. The second-order valence-electron chi connectivity index (χ2n) is 6.59. The fraction of sp³-hybridized carbons (Fsp3) is 0.167. The maximum Gasteiger partial charge on any atom is 0.258 e. The van der Waals surface area contributed by atoms with Crippen LogP contribution in [0.4, 0.5) is 0 Å². The van der Waals surface area contributed by atoms with Gasteiger partial charge in [-0.3, -0.25) is 15.1 Å². The Labute approximate surface area is 166 Å². The summed E-state index contributed by atoms with van der Waals surface area (Å²) in [5.41, 5.74) is 4.16. The molecule has 0 spiro atoms. The molecule has 1 N–H and O–H groups in total. The van der Waals surface area contributed by atoms with Crippen LogP contribution in [0.5, 0.6) is 0 Å². The van der Waals surface area contributed by atoms with Gasteiger partial charge in [0.15, 0.2) is 0 Å². The number of amides is 1. The Morgan fingerprint density at radius 2 is 2.00 bits per heavy atom. The van der Waals surface area contributed by atoms with Crippen molar-refractivity contribution in [3.8, 4) is 0 Å². The minimum Gasteiger partial charge on any atom is -0.473 e. The van der Waals surface area contributed by atoms with Crippen LogP contribution in [0.2, 0.25) is 0 Å². The molecule has 28 heavy (non-hydrogen) atoms. The number of ether oxygens (including phenoxy) is 1. The number of carbonyl (C=O) groups excluding carboxylic acids is 1. The number of nitrogens with one attached hydrogen (secondary N) is 1. The number of benzene rings is 2. The monoisotopic (exact) mass is 372 g/mol. The summed E-state index contributed by atoms with van der Waals surface area (Å²) < 4.78 is 6.01. The zero-order valence-electron chi connectivity index (χ0n) is 16.0. The summed E-state index contributed by atoms with van der Waals surface area (Å²) in [5, 5.41) is 2.90. The smallest absolute Gasteiger partial charge is 0.258 e. The molecule has 0 saturated heterocycles. The first-order chi connectivity index (χ1) is 13.7. The maximum absolute atomic E-state index is 12.8. The van der Waals surface area contributed by atoms with E-state index in [0.717, 1.165) is 29.5 Å². The highest BCUT2D eigenvalue weighted by atomic mass is 16.5. The molecule has 0 saturated carbocycles. The lowest BCUT2D eigenvalue weighted by molar-refractivity contribution is 0.0907. The second kappa shape index (κ2) is 9.51. The van der Waals surface area contributed by atoms with E-state index < -0.39 is 0 Å². The topological polar surface area (TPSA) is 50.7 Å². The molecular weight excluding hydrogens is 348 g/mol. The normalized spacial score (nSPS) is 14.0. The van der Waals surface area contributed by atoms with Crippen LogP contribution < -0.4 is 5.32 Å². The first kappa shape index (κ1) is 19.4. The molecule has 142 valence electrons. The number of hydrogen-bond acceptors (Lipinski definition) is 3. The molecule has 0 aromatic heterocycles. The predicted octanol–water partition coefficient (Wildman–Crippen LogP) is 5.09. The zero-order chi connectivity index (χ0) is 19.8. The number of allylic oxidation sites excluding steroid dienone is 4. The Morgan fingerprint density at radius 3 is 2.68 bits per heavy atom. The van der Waals surface area contributed by atoms with E-state index in [-0.39, 0.29) is 5.91 Å². The number of carbonyl (C=O) groups is 1. The summed E-state index contributed by atoms with van der Waals surface area (Å²) in [6.07, 6.45) is 7.81. The lowest BCUT2D eigenvalue weighted by Gasteiger charge is -2.17. The van der Waals surface area contributed by atoms with E-state index >= 15 is 0 Å². The van der Waals surface area contributed by atoms with Crippen LogP contribution in [0, 0.1) is 6.92 Å². The van der Waals surface area contributed by atoms with Crippen molar-refractivity contribution in [2.24, 2.45) is 4.99 Å². The Balaban J connectivity index is 1.89. The third-order valence-corrected chi connectivity index (χ3v) is 4.42. The van der Waals surface area contributed by atoms with Crippen molar-refractivity contribution in [1.82, 2.24) is 5.32 Å². The van der Waals surface area contributed by atoms with Gasteiger partial charge in [-0.15, -0.1) is 0 Å². The first-order valence-corrected chi connectivity index (χ1v) is 9.29. The highest BCUT2D eigenvalue weighted by molar-refractivity contribution is 5.95. The average Bonchev–Trinajstić information content (AvgIpc) is 2.74. The molecule has 0 fully saturated rings. The van der Waals surface area contributed by atoms with E-state index in [4.69, 9.17) is 4.74 Å². The summed E-state index contributed by atoms with van der Waals surface area (Å²) in [6.45, 7) is 5.98. The molecule has 2 aromatic rings. The van der Waals surface area contributed by atoms with Gasteiger partial charge in [-0.1, -0.05) is 66.3 Å².